The molecule has 4 heteroatoms. The van der Waals surface area contributed by atoms with Crippen LogP contribution in [0, 0.1) is 5.95 Å². The molecule has 0 saturated carbocycles. The van der Waals surface area contributed by atoms with Crippen LogP contribution in [0.2, 0.25) is 0 Å². The van der Waals surface area contributed by atoms with E-state index in [4.69, 9.17) is 5.73 Å². The number of halogens is 1. The molecule has 3 nitrogen and oxygen atoms in total. The van der Waals surface area contributed by atoms with Crippen molar-refractivity contribution in [2.75, 3.05) is 13.1 Å². The van der Waals surface area contributed by atoms with Crippen LogP contribution in [0.4, 0.5) is 4.39 Å². The molecule has 13 heavy (non-hydrogen) atoms. The highest BCUT2D eigenvalue weighted by Gasteiger charge is 2.31. The van der Waals surface area contributed by atoms with E-state index in [1.807, 2.05) is 0 Å². The molecular weight excluding hydrogens is 169 g/mol. The van der Waals surface area contributed by atoms with E-state index < -0.39 is 11.5 Å². The number of nitrogens with one attached hydrogen (secondary N) is 1. The number of pyridine rings is 1. The Labute approximate surface area is 76.2 Å². The lowest BCUT2D eigenvalue weighted by Crippen LogP contribution is -2.38. The van der Waals surface area contributed by atoms with Gasteiger partial charge in [-0.15, -0.1) is 0 Å². The van der Waals surface area contributed by atoms with Gasteiger partial charge in [0.1, 0.15) is 0 Å². The van der Waals surface area contributed by atoms with Crippen molar-refractivity contribution in [3.63, 3.8) is 0 Å². The number of rotatable bonds is 1. The monoisotopic (exact) mass is 181 g/mol. The van der Waals surface area contributed by atoms with Crippen molar-refractivity contribution in [2.24, 2.45) is 5.73 Å². The van der Waals surface area contributed by atoms with Gasteiger partial charge in [-0.3, -0.25) is 0 Å². The highest BCUT2D eigenvalue weighted by Crippen LogP contribution is 2.24. The Hall–Kier alpha value is -1.00. The van der Waals surface area contributed by atoms with Crippen molar-refractivity contribution in [2.45, 2.75) is 12.0 Å². The van der Waals surface area contributed by atoms with Gasteiger partial charge < -0.3 is 11.1 Å². The van der Waals surface area contributed by atoms with E-state index in [0.717, 1.165) is 18.5 Å². The fourth-order valence-electron chi connectivity index (χ4n) is 1.67. The van der Waals surface area contributed by atoms with Gasteiger partial charge >= 0.3 is 0 Å². The summed E-state index contributed by atoms with van der Waals surface area (Å²) in [7, 11) is 0. The Bertz CT molecular complexity index is 307. The van der Waals surface area contributed by atoms with Crippen LogP contribution in [0.5, 0.6) is 0 Å². The molecule has 0 spiro atoms. The van der Waals surface area contributed by atoms with Gasteiger partial charge in [-0.1, -0.05) is 0 Å². The van der Waals surface area contributed by atoms with Crippen LogP contribution in [-0.4, -0.2) is 18.1 Å². The highest BCUT2D eigenvalue weighted by molar-refractivity contribution is 5.23. The number of nitrogens with two attached hydrogens (primary N) is 1. The third kappa shape index (κ3) is 1.55. The molecule has 70 valence electrons. The average molecular weight is 181 g/mol. The largest absolute Gasteiger partial charge is 0.320 e. The van der Waals surface area contributed by atoms with Crippen molar-refractivity contribution in [1.82, 2.24) is 10.3 Å². The first-order valence-electron chi connectivity index (χ1n) is 4.32. The van der Waals surface area contributed by atoms with E-state index in [9.17, 15) is 4.39 Å². The predicted octanol–water partition coefficient (Wildman–Crippen LogP) is 0.368. The van der Waals surface area contributed by atoms with Crippen LogP contribution in [0.3, 0.4) is 0 Å². The van der Waals surface area contributed by atoms with Crippen LogP contribution >= 0.6 is 0 Å². The van der Waals surface area contributed by atoms with E-state index >= 15 is 0 Å². The summed E-state index contributed by atoms with van der Waals surface area (Å²) >= 11 is 0. The summed E-state index contributed by atoms with van der Waals surface area (Å²) < 4.78 is 12.8. The van der Waals surface area contributed by atoms with E-state index in [2.05, 4.69) is 10.3 Å². The fourth-order valence-corrected chi connectivity index (χ4v) is 1.67. The Morgan fingerprint density at radius 1 is 1.62 bits per heavy atom. The second-order valence-corrected chi connectivity index (χ2v) is 3.45. The molecular formula is C9H12FN3. The van der Waals surface area contributed by atoms with Gasteiger partial charge in [0.05, 0.1) is 5.54 Å². The first-order valence-corrected chi connectivity index (χ1v) is 4.32. The van der Waals surface area contributed by atoms with E-state index in [1.54, 1.807) is 6.07 Å². The van der Waals surface area contributed by atoms with Gasteiger partial charge in [-0.2, -0.15) is 4.39 Å². The van der Waals surface area contributed by atoms with Crippen molar-refractivity contribution >= 4 is 0 Å². The Kier molecular flexibility index (Phi) is 2.01. The van der Waals surface area contributed by atoms with Gasteiger partial charge in [0.2, 0.25) is 5.95 Å². The first kappa shape index (κ1) is 8.59. The normalized spacial score (nSPS) is 27.8. The molecule has 1 aliphatic heterocycles. The quantitative estimate of drug-likeness (QED) is 0.615. The van der Waals surface area contributed by atoms with Crippen LogP contribution < -0.4 is 11.1 Å². The van der Waals surface area contributed by atoms with Gasteiger partial charge in [0.25, 0.3) is 0 Å². The summed E-state index contributed by atoms with van der Waals surface area (Å²) in [4.78, 5) is 3.50. The van der Waals surface area contributed by atoms with Crippen molar-refractivity contribution in [3.8, 4) is 0 Å². The van der Waals surface area contributed by atoms with Crippen molar-refractivity contribution < 1.29 is 4.39 Å². The maximum absolute atomic E-state index is 12.8. The molecule has 1 aromatic heterocycles. The van der Waals surface area contributed by atoms with Crippen LogP contribution in [0.15, 0.2) is 18.3 Å². The second-order valence-electron chi connectivity index (χ2n) is 3.45. The zero-order valence-electron chi connectivity index (χ0n) is 7.26. The molecule has 0 amide bonds. The number of aromatic nitrogens is 1. The Morgan fingerprint density at radius 3 is 3.08 bits per heavy atom. The first-order chi connectivity index (χ1) is 6.21. The third-order valence-corrected chi connectivity index (χ3v) is 2.49. The zero-order chi connectivity index (χ0) is 9.31. The molecule has 2 rings (SSSR count). The smallest absolute Gasteiger partial charge is 0.213 e. The van der Waals surface area contributed by atoms with Gasteiger partial charge in [-0.25, -0.2) is 4.98 Å². The standard InChI is InChI=1S/C9H12FN3/c10-8-5-7(1-3-13-8)9(11)2-4-12-6-9/h1,3,5,12H,2,4,6,11H2. The zero-order valence-corrected chi connectivity index (χ0v) is 7.26. The summed E-state index contributed by atoms with van der Waals surface area (Å²) in [6.45, 7) is 1.59. The van der Waals surface area contributed by atoms with Crippen LogP contribution in [0.25, 0.3) is 0 Å². The molecule has 1 fully saturated rings. The molecule has 0 bridgehead atoms. The average Bonchev–Trinajstić information content (AvgIpc) is 2.54. The van der Waals surface area contributed by atoms with Gasteiger partial charge in [0, 0.05) is 12.7 Å². The summed E-state index contributed by atoms with van der Waals surface area (Å²) in [5, 5.41) is 3.16. The summed E-state index contributed by atoms with van der Waals surface area (Å²) in [5.41, 5.74) is 6.50. The number of nitrogens with zero attached hydrogens (tertiary/aromatic N) is 1. The lowest BCUT2D eigenvalue weighted by atomic mass is 9.91. The maximum Gasteiger partial charge on any atom is 0.213 e. The molecule has 0 aliphatic carbocycles. The second kappa shape index (κ2) is 3.05. The summed E-state index contributed by atoms with van der Waals surface area (Å²) in [5.74, 6) is -0.464. The molecule has 2 heterocycles. The van der Waals surface area contributed by atoms with E-state index in [1.165, 1.54) is 12.3 Å². The molecule has 1 saturated heterocycles. The van der Waals surface area contributed by atoms with Crippen molar-refractivity contribution in [3.05, 3.63) is 29.8 Å². The minimum absolute atomic E-state index is 0.413. The molecule has 1 unspecified atom stereocenters. The van der Waals surface area contributed by atoms with Gasteiger partial charge in [0.15, 0.2) is 0 Å². The van der Waals surface area contributed by atoms with Gasteiger partial charge in [-0.05, 0) is 30.7 Å². The van der Waals surface area contributed by atoms with E-state index in [-0.39, 0.29) is 0 Å². The maximum atomic E-state index is 12.8. The van der Waals surface area contributed by atoms with E-state index in [0.29, 0.717) is 6.54 Å². The summed E-state index contributed by atoms with van der Waals surface area (Å²) in [6, 6.07) is 3.18. The molecule has 1 aromatic rings. The van der Waals surface area contributed by atoms with Crippen LogP contribution in [0.1, 0.15) is 12.0 Å². The highest BCUT2D eigenvalue weighted by atomic mass is 19.1. The Balaban J connectivity index is 2.33. The predicted molar refractivity (Wildman–Crippen MR) is 47.5 cm³/mol. The summed E-state index contributed by atoms with van der Waals surface area (Å²) in [6.07, 6.45) is 2.30. The van der Waals surface area contributed by atoms with Crippen LogP contribution in [-0.2, 0) is 5.54 Å². The number of hydrogen-bond acceptors (Lipinski definition) is 3. The molecule has 3 N–H and O–H groups in total. The minimum atomic E-state index is -0.464. The van der Waals surface area contributed by atoms with Crippen molar-refractivity contribution in [1.29, 1.82) is 0 Å². The molecule has 0 aromatic carbocycles. The molecule has 0 radical (unpaired) electrons. The SMILES string of the molecule is NC1(c2ccnc(F)c2)CCNC1. The Morgan fingerprint density at radius 2 is 2.46 bits per heavy atom. The topological polar surface area (TPSA) is 50.9 Å². The molecule has 1 aliphatic rings. The fraction of sp³-hybridized carbons (Fsp3) is 0.444. The molecule has 1 atom stereocenters. The lowest BCUT2D eigenvalue weighted by Gasteiger charge is -2.22. The minimum Gasteiger partial charge on any atom is -0.320 e. The third-order valence-electron chi connectivity index (χ3n) is 2.49. The lowest BCUT2D eigenvalue weighted by molar-refractivity contribution is 0.484. The number of hydrogen-bond donors (Lipinski definition) is 2.